The van der Waals surface area contributed by atoms with Crippen LogP contribution in [0.4, 0.5) is 0 Å². The predicted octanol–water partition coefficient (Wildman–Crippen LogP) is 5.24. The average molecular weight is 345 g/mol. The second kappa shape index (κ2) is 6.23. The van der Waals surface area contributed by atoms with Crippen LogP contribution in [0, 0.1) is 12.8 Å². The van der Waals surface area contributed by atoms with Gasteiger partial charge in [0.1, 0.15) is 5.75 Å². The fourth-order valence-corrected chi connectivity index (χ4v) is 3.96. The van der Waals surface area contributed by atoms with Crippen LogP contribution in [0.25, 0.3) is 0 Å². The summed E-state index contributed by atoms with van der Waals surface area (Å²) in [6, 6.07) is 15.3. The molecule has 21 heavy (non-hydrogen) atoms. The number of benzene rings is 2. The van der Waals surface area contributed by atoms with Gasteiger partial charge in [-0.1, -0.05) is 57.9 Å². The number of hydrogen-bond acceptors (Lipinski definition) is 1. The Hall–Kier alpha value is -1.28. The molecule has 0 radical (unpaired) electrons. The Morgan fingerprint density at radius 3 is 2.43 bits per heavy atom. The SMILES string of the molecule is CCOc1ccc(C)cc1C(Br)C1Cc2ccccc2C1. The van der Waals surface area contributed by atoms with Crippen molar-refractivity contribution < 1.29 is 4.74 Å². The van der Waals surface area contributed by atoms with Crippen molar-refractivity contribution >= 4 is 15.9 Å². The van der Waals surface area contributed by atoms with Crippen LogP contribution < -0.4 is 4.74 Å². The van der Waals surface area contributed by atoms with Crippen molar-refractivity contribution in [3.05, 3.63) is 64.7 Å². The van der Waals surface area contributed by atoms with E-state index >= 15 is 0 Å². The molecule has 2 aromatic carbocycles. The third kappa shape index (κ3) is 3.01. The molecule has 0 heterocycles. The van der Waals surface area contributed by atoms with Gasteiger partial charge in [-0.15, -0.1) is 0 Å². The molecule has 0 fully saturated rings. The zero-order valence-electron chi connectivity index (χ0n) is 12.6. The number of aryl methyl sites for hydroxylation is 1. The highest BCUT2D eigenvalue weighted by atomic mass is 79.9. The van der Waals surface area contributed by atoms with E-state index in [9.17, 15) is 0 Å². The van der Waals surface area contributed by atoms with Gasteiger partial charge in [-0.05, 0) is 49.8 Å². The maximum atomic E-state index is 5.82. The van der Waals surface area contributed by atoms with Gasteiger partial charge in [0.25, 0.3) is 0 Å². The molecule has 0 amide bonds. The predicted molar refractivity (Wildman–Crippen MR) is 91.4 cm³/mol. The Morgan fingerprint density at radius 2 is 1.81 bits per heavy atom. The van der Waals surface area contributed by atoms with Crippen LogP contribution in [0.5, 0.6) is 5.75 Å². The van der Waals surface area contributed by atoms with E-state index in [0.29, 0.717) is 17.4 Å². The molecule has 0 N–H and O–H groups in total. The molecule has 1 nitrogen and oxygen atoms in total. The van der Waals surface area contributed by atoms with Gasteiger partial charge in [-0.3, -0.25) is 0 Å². The number of rotatable bonds is 4. The molecule has 2 aromatic rings. The van der Waals surface area contributed by atoms with Crippen molar-refractivity contribution in [1.82, 2.24) is 0 Å². The number of halogens is 1. The number of ether oxygens (including phenoxy) is 1. The number of fused-ring (bicyclic) bond motifs is 1. The number of alkyl halides is 1. The Morgan fingerprint density at radius 1 is 1.14 bits per heavy atom. The Bertz CT molecular complexity index is 610. The van der Waals surface area contributed by atoms with Gasteiger partial charge in [0.05, 0.1) is 6.61 Å². The fraction of sp³-hybridized carbons (Fsp3) is 0.368. The summed E-state index contributed by atoms with van der Waals surface area (Å²) in [4.78, 5) is 0.339. The minimum absolute atomic E-state index is 0.339. The lowest BCUT2D eigenvalue weighted by Crippen LogP contribution is -2.10. The zero-order valence-corrected chi connectivity index (χ0v) is 14.2. The second-order valence-corrected chi connectivity index (χ2v) is 6.80. The van der Waals surface area contributed by atoms with Crippen molar-refractivity contribution in [2.75, 3.05) is 6.61 Å². The Labute approximate surface area is 135 Å². The first-order chi connectivity index (χ1) is 10.2. The van der Waals surface area contributed by atoms with Crippen molar-refractivity contribution in [3.63, 3.8) is 0 Å². The Balaban J connectivity index is 1.86. The quantitative estimate of drug-likeness (QED) is 0.688. The molecule has 0 aromatic heterocycles. The van der Waals surface area contributed by atoms with Crippen LogP contribution >= 0.6 is 15.9 Å². The average Bonchev–Trinajstić information content (AvgIpc) is 2.92. The topological polar surface area (TPSA) is 9.23 Å². The van der Waals surface area contributed by atoms with Crippen LogP contribution in [0.3, 0.4) is 0 Å². The van der Waals surface area contributed by atoms with E-state index in [0.717, 1.165) is 18.6 Å². The van der Waals surface area contributed by atoms with Gasteiger partial charge < -0.3 is 4.74 Å². The monoisotopic (exact) mass is 344 g/mol. The summed E-state index contributed by atoms with van der Waals surface area (Å²) in [7, 11) is 0. The first-order valence-corrected chi connectivity index (χ1v) is 8.54. The summed E-state index contributed by atoms with van der Waals surface area (Å²) in [6.45, 7) is 4.89. The summed E-state index contributed by atoms with van der Waals surface area (Å²) < 4.78 is 5.82. The van der Waals surface area contributed by atoms with E-state index in [-0.39, 0.29) is 0 Å². The van der Waals surface area contributed by atoms with E-state index in [4.69, 9.17) is 4.74 Å². The molecular formula is C19H21BrO. The minimum atomic E-state index is 0.339. The first kappa shape index (κ1) is 14.6. The van der Waals surface area contributed by atoms with E-state index in [1.807, 2.05) is 6.92 Å². The fourth-order valence-electron chi connectivity index (χ4n) is 3.22. The summed E-state index contributed by atoms with van der Waals surface area (Å²) in [5, 5.41) is 0. The molecule has 0 spiro atoms. The van der Waals surface area contributed by atoms with Crippen LogP contribution in [0.15, 0.2) is 42.5 Å². The normalized spacial score (nSPS) is 15.8. The van der Waals surface area contributed by atoms with Crippen molar-refractivity contribution in [2.24, 2.45) is 5.92 Å². The maximum Gasteiger partial charge on any atom is 0.123 e. The molecule has 1 unspecified atom stereocenters. The molecular weight excluding hydrogens is 324 g/mol. The van der Waals surface area contributed by atoms with Crippen molar-refractivity contribution in [2.45, 2.75) is 31.5 Å². The van der Waals surface area contributed by atoms with Gasteiger partial charge in [0.2, 0.25) is 0 Å². The molecule has 1 aliphatic rings. The third-order valence-corrected chi connectivity index (χ3v) is 5.50. The van der Waals surface area contributed by atoms with Crippen molar-refractivity contribution in [3.8, 4) is 5.75 Å². The largest absolute Gasteiger partial charge is 0.494 e. The van der Waals surface area contributed by atoms with Gasteiger partial charge in [0.15, 0.2) is 0 Å². The summed E-state index contributed by atoms with van der Waals surface area (Å²) in [6.07, 6.45) is 2.29. The number of hydrogen-bond donors (Lipinski definition) is 0. The maximum absolute atomic E-state index is 5.82. The summed E-state index contributed by atoms with van der Waals surface area (Å²) in [5.74, 6) is 1.62. The molecule has 1 atom stereocenters. The lowest BCUT2D eigenvalue weighted by atomic mass is 9.95. The smallest absolute Gasteiger partial charge is 0.123 e. The van der Waals surface area contributed by atoms with Gasteiger partial charge in [-0.25, -0.2) is 0 Å². The van der Waals surface area contributed by atoms with Gasteiger partial charge in [0, 0.05) is 10.4 Å². The van der Waals surface area contributed by atoms with Gasteiger partial charge in [-0.2, -0.15) is 0 Å². The summed E-state index contributed by atoms with van der Waals surface area (Å²) in [5.41, 5.74) is 5.57. The first-order valence-electron chi connectivity index (χ1n) is 7.63. The molecule has 2 heteroatoms. The highest BCUT2D eigenvalue weighted by Gasteiger charge is 2.29. The van der Waals surface area contributed by atoms with E-state index in [1.54, 1.807) is 0 Å². The summed E-state index contributed by atoms with van der Waals surface area (Å²) >= 11 is 3.95. The van der Waals surface area contributed by atoms with Crippen LogP contribution in [-0.2, 0) is 12.8 Å². The van der Waals surface area contributed by atoms with E-state index in [2.05, 4.69) is 65.3 Å². The van der Waals surface area contributed by atoms with Crippen LogP contribution in [-0.4, -0.2) is 6.61 Å². The second-order valence-electron chi connectivity index (χ2n) is 5.81. The molecule has 3 rings (SSSR count). The lowest BCUT2D eigenvalue weighted by molar-refractivity contribution is 0.334. The minimum Gasteiger partial charge on any atom is -0.494 e. The highest BCUT2D eigenvalue weighted by Crippen LogP contribution is 2.43. The standard InChI is InChI=1S/C19H21BrO/c1-3-21-18-9-8-13(2)10-17(18)19(20)16-11-14-6-4-5-7-15(14)12-16/h4-10,16,19H,3,11-12H2,1-2H3. The lowest BCUT2D eigenvalue weighted by Gasteiger charge is -2.21. The van der Waals surface area contributed by atoms with Crippen LogP contribution in [0.2, 0.25) is 0 Å². The molecule has 0 saturated carbocycles. The third-order valence-electron chi connectivity index (χ3n) is 4.26. The van der Waals surface area contributed by atoms with Crippen molar-refractivity contribution in [1.29, 1.82) is 0 Å². The van der Waals surface area contributed by atoms with E-state index in [1.165, 1.54) is 22.3 Å². The molecule has 0 saturated heterocycles. The molecule has 0 bridgehead atoms. The molecule has 0 aliphatic heterocycles. The molecule has 1 aliphatic carbocycles. The van der Waals surface area contributed by atoms with Crippen LogP contribution in [0.1, 0.15) is 34.0 Å². The van der Waals surface area contributed by atoms with E-state index < -0.39 is 0 Å². The Kier molecular flexibility index (Phi) is 4.34. The molecule has 110 valence electrons. The van der Waals surface area contributed by atoms with Gasteiger partial charge >= 0.3 is 0 Å². The highest BCUT2D eigenvalue weighted by molar-refractivity contribution is 9.09. The zero-order chi connectivity index (χ0) is 14.8.